The predicted octanol–water partition coefficient (Wildman–Crippen LogP) is 1.06. The number of para-hydroxylation sites is 1. The maximum absolute atomic E-state index is 12.6. The van der Waals surface area contributed by atoms with Gasteiger partial charge >= 0.3 is 0 Å². The lowest BCUT2D eigenvalue weighted by Gasteiger charge is -2.22. The highest BCUT2D eigenvalue weighted by atomic mass is 16.2. The molecule has 1 atom stereocenters. The van der Waals surface area contributed by atoms with E-state index in [1.54, 1.807) is 6.20 Å². The number of nitrogens with zero attached hydrogens (tertiary/aromatic N) is 2. The molecule has 2 amide bonds. The van der Waals surface area contributed by atoms with Gasteiger partial charge in [-0.2, -0.15) is 0 Å². The Morgan fingerprint density at radius 1 is 1.32 bits per heavy atom. The van der Waals surface area contributed by atoms with E-state index in [0.29, 0.717) is 24.9 Å². The summed E-state index contributed by atoms with van der Waals surface area (Å²) in [6.07, 6.45) is 3.32. The third-order valence-electron chi connectivity index (χ3n) is 4.11. The van der Waals surface area contributed by atoms with E-state index in [4.69, 9.17) is 0 Å². The van der Waals surface area contributed by atoms with Crippen LogP contribution >= 0.6 is 0 Å². The molecule has 1 N–H and O–H groups in total. The van der Waals surface area contributed by atoms with Crippen molar-refractivity contribution in [2.24, 2.45) is 7.05 Å². The number of hydrogen-bond acceptors (Lipinski definition) is 3. The topological polar surface area (TPSA) is 71.4 Å². The summed E-state index contributed by atoms with van der Waals surface area (Å²) in [7, 11) is 1.84. The van der Waals surface area contributed by atoms with E-state index < -0.39 is 11.7 Å². The molecule has 0 spiro atoms. The summed E-state index contributed by atoms with van der Waals surface area (Å²) in [4.78, 5) is 37.1. The van der Waals surface area contributed by atoms with Gasteiger partial charge < -0.3 is 14.8 Å². The molecule has 1 aliphatic rings. The van der Waals surface area contributed by atoms with Crippen molar-refractivity contribution in [2.45, 2.75) is 19.0 Å². The summed E-state index contributed by atoms with van der Waals surface area (Å²) in [5.41, 5.74) is 1.31. The van der Waals surface area contributed by atoms with Crippen LogP contribution in [0.25, 0.3) is 10.9 Å². The Bertz CT molecular complexity index is 750. The number of fused-ring (bicyclic) bond motifs is 1. The second kappa shape index (κ2) is 5.63. The Morgan fingerprint density at radius 3 is 2.86 bits per heavy atom. The quantitative estimate of drug-likeness (QED) is 0.521. The van der Waals surface area contributed by atoms with Crippen LogP contribution in [0.4, 0.5) is 0 Å². The van der Waals surface area contributed by atoms with Gasteiger partial charge in [0.25, 0.3) is 11.7 Å². The van der Waals surface area contributed by atoms with Gasteiger partial charge in [-0.1, -0.05) is 18.2 Å². The first kappa shape index (κ1) is 14.3. The van der Waals surface area contributed by atoms with Crippen LogP contribution in [0.5, 0.6) is 0 Å². The van der Waals surface area contributed by atoms with E-state index in [2.05, 4.69) is 5.32 Å². The minimum absolute atomic E-state index is 0.385. The molecule has 0 bridgehead atoms. The zero-order valence-electron chi connectivity index (χ0n) is 12.3. The fraction of sp³-hybridized carbons (Fsp3) is 0.312. The van der Waals surface area contributed by atoms with Crippen molar-refractivity contribution < 1.29 is 14.4 Å². The highest BCUT2D eigenvalue weighted by molar-refractivity contribution is 6.45. The Kier molecular flexibility index (Phi) is 3.66. The number of carbonyl (C=O) groups excluding carboxylic acids is 3. The third-order valence-corrected chi connectivity index (χ3v) is 4.11. The van der Waals surface area contributed by atoms with Crippen LogP contribution in [0.15, 0.2) is 30.5 Å². The first-order chi connectivity index (χ1) is 10.6. The lowest BCUT2D eigenvalue weighted by atomic mass is 10.1. The third kappa shape index (κ3) is 2.26. The Labute approximate surface area is 127 Å². The Hall–Kier alpha value is -2.63. The summed E-state index contributed by atoms with van der Waals surface area (Å²) >= 11 is 0. The van der Waals surface area contributed by atoms with Crippen LogP contribution in [0.3, 0.4) is 0 Å². The molecule has 1 saturated heterocycles. The van der Waals surface area contributed by atoms with Gasteiger partial charge in [0.15, 0.2) is 0 Å². The molecule has 2 heterocycles. The van der Waals surface area contributed by atoms with Crippen molar-refractivity contribution in [3.05, 3.63) is 36.0 Å². The van der Waals surface area contributed by atoms with E-state index >= 15 is 0 Å². The van der Waals surface area contributed by atoms with Crippen molar-refractivity contribution in [2.75, 3.05) is 6.54 Å². The van der Waals surface area contributed by atoms with Crippen LogP contribution in [-0.2, 0) is 16.6 Å². The Morgan fingerprint density at radius 2 is 2.09 bits per heavy atom. The van der Waals surface area contributed by atoms with E-state index in [0.717, 1.165) is 17.3 Å². The monoisotopic (exact) mass is 299 g/mol. The maximum atomic E-state index is 12.6. The van der Waals surface area contributed by atoms with Gasteiger partial charge in [-0.3, -0.25) is 14.4 Å². The number of nitrogens with one attached hydrogen (secondary N) is 1. The Balaban J connectivity index is 1.92. The molecular weight excluding hydrogens is 282 g/mol. The summed E-state index contributed by atoms with van der Waals surface area (Å²) in [6, 6.07) is 7.48. The van der Waals surface area contributed by atoms with E-state index in [1.165, 1.54) is 4.90 Å². The molecule has 1 aromatic carbocycles. The largest absolute Gasteiger partial charge is 0.350 e. The zero-order chi connectivity index (χ0) is 15.7. The second-order valence-corrected chi connectivity index (χ2v) is 5.44. The molecule has 1 unspecified atom stereocenters. The molecule has 1 fully saturated rings. The van der Waals surface area contributed by atoms with E-state index in [9.17, 15) is 14.4 Å². The molecule has 22 heavy (non-hydrogen) atoms. The first-order valence-electron chi connectivity index (χ1n) is 7.22. The number of ketones is 1. The van der Waals surface area contributed by atoms with Crippen LogP contribution in [0, 0.1) is 0 Å². The second-order valence-electron chi connectivity index (χ2n) is 5.44. The summed E-state index contributed by atoms with van der Waals surface area (Å²) in [5, 5.41) is 3.36. The van der Waals surface area contributed by atoms with Crippen molar-refractivity contribution in [3.8, 4) is 0 Å². The van der Waals surface area contributed by atoms with Gasteiger partial charge in [-0.05, 0) is 18.9 Å². The predicted molar refractivity (Wildman–Crippen MR) is 81.2 cm³/mol. The van der Waals surface area contributed by atoms with Gasteiger partial charge in [0.05, 0.1) is 5.56 Å². The molecule has 0 aliphatic carbocycles. The molecule has 3 rings (SSSR count). The first-order valence-corrected chi connectivity index (χ1v) is 7.22. The number of benzene rings is 1. The van der Waals surface area contributed by atoms with Gasteiger partial charge in [-0.15, -0.1) is 0 Å². The molecule has 0 radical (unpaired) electrons. The van der Waals surface area contributed by atoms with Gasteiger partial charge in [-0.25, -0.2) is 0 Å². The highest BCUT2D eigenvalue weighted by Crippen LogP contribution is 2.23. The average Bonchev–Trinajstić information content (AvgIpc) is 3.12. The summed E-state index contributed by atoms with van der Waals surface area (Å²) in [6.45, 7) is 0.487. The molecule has 2 aromatic rings. The van der Waals surface area contributed by atoms with E-state index in [-0.39, 0.29) is 6.17 Å². The van der Waals surface area contributed by atoms with Crippen molar-refractivity contribution in [3.63, 3.8) is 0 Å². The normalized spacial score (nSPS) is 17.7. The number of rotatable bonds is 4. The van der Waals surface area contributed by atoms with Gasteiger partial charge in [0, 0.05) is 30.7 Å². The molecule has 1 aliphatic heterocycles. The van der Waals surface area contributed by atoms with Crippen LogP contribution in [-0.4, -0.2) is 40.3 Å². The van der Waals surface area contributed by atoms with Crippen molar-refractivity contribution in [1.82, 2.24) is 14.8 Å². The average molecular weight is 299 g/mol. The van der Waals surface area contributed by atoms with Gasteiger partial charge in [0.2, 0.25) is 6.41 Å². The molecule has 6 nitrogen and oxygen atoms in total. The highest BCUT2D eigenvalue weighted by Gasteiger charge is 2.33. The van der Waals surface area contributed by atoms with Crippen LogP contribution < -0.4 is 5.32 Å². The molecule has 6 heteroatoms. The smallest absolute Gasteiger partial charge is 0.296 e. The fourth-order valence-corrected chi connectivity index (χ4v) is 3.03. The number of likely N-dealkylation sites (tertiary alicyclic amines) is 1. The SMILES string of the molecule is Cn1cc(C(=O)C(=O)N2CCCC2NC=O)c2ccccc21. The number of aryl methyl sites for hydroxylation is 1. The van der Waals surface area contributed by atoms with E-state index in [1.807, 2.05) is 35.9 Å². The minimum Gasteiger partial charge on any atom is -0.350 e. The number of amides is 2. The molecule has 114 valence electrons. The number of hydrogen-bond donors (Lipinski definition) is 1. The lowest BCUT2D eigenvalue weighted by molar-refractivity contribution is -0.128. The summed E-state index contributed by atoms with van der Waals surface area (Å²) < 4.78 is 1.83. The number of Topliss-reactive ketones (excluding diaryl/α,β-unsaturated/α-hetero) is 1. The number of carbonyl (C=O) groups is 3. The molecular formula is C16H17N3O3. The molecule has 1 aromatic heterocycles. The number of aromatic nitrogens is 1. The summed E-state index contributed by atoms with van der Waals surface area (Å²) in [5.74, 6) is -1.09. The van der Waals surface area contributed by atoms with Crippen LogP contribution in [0.1, 0.15) is 23.2 Å². The minimum atomic E-state index is -0.562. The van der Waals surface area contributed by atoms with Crippen molar-refractivity contribution in [1.29, 1.82) is 0 Å². The lowest BCUT2D eigenvalue weighted by Crippen LogP contribution is -2.46. The van der Waals surface area contributed by atoms with Crippen LogP contribution in [0.2, 0.25) is 0 Å². The van der Waals surface area contributed by atoms with Gasteiger partial charge in [0.1, 0.15) is 6.17 Å². The fourth-order valence-electron chi connectivity index (χ4n) is 3.03. The maximum Gasteiger partial charge on any atom is 0.296 e. The molecule has 0 saturated carbocycles. The standard InChI is InChI=1S/C16H17N3O3/c1-18-9-12(11-5-2-3-6-13(11)18)15(21)16(22)19-8-4-7-14(19)17-10-20/h2-3,5-6,9-10,14H,4,7-8H2,1H3,(H,17,20). The van der Waals surface area contributed by atoms with Crippen molar-refractivity contribution >= 4 is 29.0 Å². The zero-order valence-corrected chi connectivity index (χ0v) is 12.3.